The summed E-state index contributed by atoms with van der Waals surface area (Å²) >= 11 is 0. The first-order valence-corrected chi connectivity index (χ1v) is 6.70. The molecule has 1 saturated carbocycles. The van der Waals surface area contributed by atoms with Crippen molar-refractivity contribution in [2.24, 2.45) is 0 Å². The zero-order valence-electron chi connectivity index (χ0n) is 9.45. The molecule has 0 heterocycles. The molecule has 88 valence electrons. The molecule has 1 rings (SSSR count). The van der Waals surface area contributed by atoms with Gasteiger partial charge in [-0.1, -0.05) is 12.8 Å². The first-order valence-electron chi connectivity index (χ1n) is 5.16. The molecule has 1 aliphatic carbocycles. The van der Waals surface area contributed by atoms with Gasteiger partial charge in [-0.2, -0.15) is 0 Å². The normalized spacial score (nSPS) is 19.1. The summed E-state index contributed by atoms with van der Waals surface area (Å²) in [6, 6.07) is 0. The molecule has 0 N–H and O–H groups in total. The molecule has 0 aromatic heterocycles. The van der Waals surface area contributed by atoms with Crippen molar-refractivity contribution in [1.29, 1.82) is 0 Å². The molecule has 1 fully saturated rings. The first kappa shape index (κ1) is 12.5. The van der Waals surface area contributed by atoms with Crippen LogP contribution in [-0.4, -0.2) is 31.5 Å². The van der Waals surface area contributed by atoms with Gasteiger partial charge in [0.15, 0.2) is 14.6 Å². The van der Waals surface area contributed by atoms with E-state index in [4.69, 9.17) is 0 Å². The van der Waals surface area contributed by atoms with Gasteiger partial charge in [0.05, 0.1) is 12.4 Å². The number of hydrogen-bond donors (Lipinski definition) is 0. The van der Waals surface area contributed by atoms with Gasteiger partial charge in [-0.05, 0) is 26.7 Å². The van der Waals surface area contributed by atoms with E-state index in [1.54, 1.807) is 0 Å². The lowest BCUT2D eigenvalue weighted by atomic mass is 10.2. The van der Waals surface area contributed by atoms with Crippen LogP contribution in [0.1, 0.15) is 39.5 Å². The summed E-state index contributed by atoms with van der Waals surface area (Å²) in [7, 11) is -2.21. The van der Waals surface area contributed by atoms with Crippen LogP contribution in [0.25, 0.3) is 0 Å². The number of carbonyl (C=O) groups is 1. The van der Waals surface area contributed by atoms with E-state index in [0.717, 1.165) is 12.8 Å². The topological polar surface area (TPSA) is 60.4 Å². The van der Waals surface area contributed by atoms with Gasteiger partial charge in [0.2, 0.25) is 0 Å². The van der Waals surface area contributed by atoms with Gasteiger partial charge in [-0.3, -0.25) is 4.79 Å². The fraction of sp³-hybridized carbons (Fsp3) is 0.900. The Kier molecular flexibility index (Phi) is 3.43. The lowest BCUT2D eigenvalue weighted by Crippen LogP contribution is -2.46. The van der Waals surface area contributed by atoms with Crippen LogP contribution in [0.4, 0.5) is 0 Å². The number of esters is 1. The number of sulfone groups is 1. The second kappa shape index (κ2) is 4.12. The second-order valence-electron chi connectivity index (χ2n) is 4.45. The number of hydrogen-bond acceptors (Lipinski definition) is 4. The Hall–Kier alpha value is -0.580. The zero-order valence-corrected chi connectivity index (χ0v) is 10.3. The molecule has 0 bridgehead atoms. The molecule has 0 amide bonds. The maximum atomic E-state index is 12.2. The Morgan fingerprint density at radius 3 is 2.13 bits per heavy atom. The van der Waals surface area contributed by atoms with E-state index < -0.39 is 20.6 Å². The van der Waals surface area contributed by atoms with Crippen molar-refractivity contribution in [3.05, 3.63) is 0 Å². The van der Waals surface area contributed by atoms with Gasteiger partial charge in [-0.25, -0.2) is 8.42 Å². The fourth-order valence-electron chi connectivity index (χ4n) is 1.98. The first-order chi connectivity index (χ1) is 6.84. The summed E-state index contributed by atoms with van der Waals surface area (Å²) in [4.78, 5) is 11.4. The second-order valence-corrected chi connectivity index (χ2v) is 7.23. The van der Waals surface area contributed by atoms with E-state index in [1.807, 2.05) is 0 Å². The summed E-state index contributed by atoms with van der Waals surface area (Å²) in [5, 5.41) is -0.369. The summed E-state index contributed by atoms with van der Waals surface area (Å²) < 4.78 is 27.4. The van der Waals surface area contributed by atoms with Gasteiger partial charge < -0.3 is 4.74 Å². The molecule has 0 atom stereocenters. The van der Waals surface area contributed by atoms with Crippen molar-refractivity contribution in [1.82, 2.24) is 0 Å². The van der Waals surface area contributed by atoms with Crippen LogP contribution in [-0.2, 0) is 19.4 Å². The summed E-state index contributed by atoms with van der Waals surface area (Å²) in [6.45, 7) is 2.85. The highest BCUT2D eigenvalue weighted by Gasteiger charge is 2.47. The van der Waals surface area contributed by atoms with E-state index in [9.17, 15) is 13.2 Å². The lowest BCUT2D eigenvalue weighted by Gasteiger charge is -2.25. The third-order valence-electron chi connectivity index (χ3n) is 3.13. The Labute approximate surface area is 90.9 Å². The summed E-state index contributed by atoms with van der Waals surface area (Å²) in [5.74, 6) is -0.672. The predicted octanol–water partition coefficient (Wildman–Crippen LogP) is 1.30. The smallest absolute Gasteiger partial charge is 0.326 e. The van der Waals surface area contributed by atoms with E-state index in [-0.39, 0.29) is 5.25 Å². The Morgan fingerprint density at radius 2 is 1.73 bits per heavy atom. The third kappa shape index (κ3) is 2.02. The standard InChI is InChI=1S/C10H18O4S/c1-10(2,9(11)14-3)15(12,13)8-6-4-5-7-8/h8H,4-7H2,1-3H3. The minimum absolute atomic E-state index is 0.369. The van der Waals surface area contributed by atoms with Gasteiger partial charge in [0.1, 0.15) is 0 Å². The van der Waals surface area contributed by atoms with Crippen LogP contribution in [0, 0.1) is 0 Å². The predicted molar refractivity (Wildman–Crippen MR) is 57.3 cm³/mol. The van der Waals surface area contributed by atoms with Crippen molar-refractivity contribution in [2.45, 2.75) is 49.5 Å². The molecule has 0 spiro atoms. The molecule has 0 aliphatic heterocycles. The number of ether oxygens (including phenoxy) is 1. The maximum Gasteiger partial charge on any atom is 0.326 e. The number of methoxy groups -OCH3 is 1. The molecule has 0 aromatic rings. The average Bonchev–Trinajstić information content (AvgIpc) is 2.69. The third-order valence-corrected chi connectivity index (χ3v) is 6.07. The Balaban J connectivity index is 2.98. The van der Waals surface area contributed by atoms with E-state index in [0.29, 0.717) is 12.8 Å². The molecule has 4 nitrogen and oxygen atoms in total. The van der Waals surface area contributed by atoms with Crippen molar-refractivity contribution in [2.75, 3.05) is 7.11 Å². The zero-order chi connectivity index (χ0) is 11.7. The maximum absolute atomic E-state index is 12.2. The molecule has 15 heavy (non-hydrogen) atoms. The highest BCUT2D eigenvalue weighted by molar-refractivity contribution is 7.94. The molecule has 0 radical (unpaired) electrons. The van der Waals surface area contributed by atoms with Crippen LogP contribution in [0.15, 0.2) is 0 Å². The van der Waals surface area contributed by atoms with Crippen LogP contribution >= 0.6 is 0 Å². The summed E-state index contributed by atoms with van der Waals surface area (Å²) in [6.07, 6.45) is 3.20. The fourth-order valence-corrected chi connectivity index (χ4v) is 4.08. The van der Waals surface area contributed by atoms with Crippen molar-refractivity contribution < 1.29 is 17.9 Å². The molecule has 1 aliphatic rings. The molecule has 5 heteroatoms. The summed E-state index contributed by atoms with van der Waals surface area (Å²) in [5.41, 5.74) is 0. The van der Waals surface area contributed by atoms with Crippen LogP contribution in [0.5, 0.6) is 0 Å². The number of carbonyl (C=O) groups excluding carboxylic acids is 1. The Bertz CT molecular complexity index is 336. The van der Waals surface area contributed by atoms with Crippen molar-refractivity contribution in [3.8, 4) is 0 Å². The van der Waals surface area contributed by atoms with Crippen molar-refractivity contribution in [3.63, 3.8) is 0 Å². The molecular formula is C10H18O4S. The van der Waals surface area contributed by atoms with Crippen molar-refractivity contribution >= 4 is 15.8 Å². The molecular weight excluding hydrogens is 216 g/mol. The molecule has 0 aromatic carbocycles. The van der Waals surface area contributed by atoms with Crippen LogP contribution < -0.4 is 0 Å². The van der Waals surface area contributed by atoms with Crippen LogP contribution in [0.3, 0.4) is 0 Å². The van der Waals surface area contributed by atoms with Gasteiger partial charge in [0, 0.05) is 0 Å². The molecule has 0 unspecified atom stereocenters. The van der Waals surface area contributed by atoms with E-state index in [2.05, 4.69) is 4.74 Å². The van der Waals surface area contributed by atoms with Gasteiger partial charge >= 0.3 is 5.97 Å². The average molecular weight is 234 g/mol. The minimum Gasteiger partial charge on any atom is -0.468 e. The van der Waals surface area contributed by atoms with E-state index >= 15 is 0 Å². The highest BCUT2D eigenvalue weighted by Crippen LogP contribution is 2.32. The monoisotopic (exact) mass is 234 g/mol. The SMILES string of the molecule is COC(=O)C(C)(C)S(=O)(=O)C1CCCC1. The largest absolute Gasteiger partial charge is 0.468 e. The molecule has 0 saturated heterocycles. The number of rotatable bonds is 3. The lowest BCUT2D eigenvalue weighted by molar-refractivity contribution is -0.142. The highest BCUT2D eigenvalue weighted by atomic mass is 32.2. The van der Waals surface area contributed by atoms with Crippen LogP contribution in [0.2, 0.25) is 0 Å². The van der Waals surface area contributed by atoms with E-state index in [1.165, 1.54) is 21.0 Å². The Morgan fingerprint density at radius 1 is 1.27 bits per heavy atom. The van der Waals surface area contributed by atoms with Gasteiger partial charge in [0.25, 0.3) is 0 Å². The van der Waals surface area contributed by atoms with Gasteiger partial charge in [-0.15, -0.1) is 0 Å². The quantitative estimate of drug-likeness (QED) is 0.690. The minimum atomic E-state index is -3.42.